The van der Waals surface area contributed by atoms with E-state index < -0.39 is 11.7 Å². The van der Waals surface area contributed by atoms with Crippen molar-refractivity contribution in [2.75, 3.05) is 5.32 Å². The van der Waals surface area contributed by atoms with E-state index in [9.17, 15) is 9.18 Å². The fraction of sp³-hybridized carbons (Fsp3) is 0. The smallest absolute Gasteiger partial charge is 0.256 e. The molecule has 6 heteroatoms. The van der Waals surface area contributed by atoms with Gasteiger partial charge in [-0.25, -0.2) is 9.37 Å². The van der Waals surface area contributed by atoms with Crippen LogP contribution in [0.5, 0.6) is 0 Å². The van der Waals surface area contributed by atoms with Crippen LogP contribution in [0.4, 0.5) is 10.2 Å². The first kappa shape index (κ1) is 15.8. The number of carbonyl (C=O) groups is 1. The summed E-state index contributed by atoms with van der Waals surface area (Å²) in [6.07, 6.45) is 4.89. The van der Waals surface area contributed by atoms with Gasteiger partial charge in [-0.05, 0) is 42.5 Å². The van der Waals surface area contributed by atoms with Gasteiger partial charge < -0.3 is 5.32 Å². The highest BCUT2D eigenvalue weighted by atomic mass is 19.1. The SMILES string of the molecule is O=C(Nc1cccc(-c2cccnc2)n1)c1cc(F)c2ncccc2c1. The van der Waals surface area contributed by atoms with Crippen LogP contribution < -0.4 is 5.32 Å². The van der Waals surface area contributed by atoms with E-state index in [1.54, 1.807) is 42.7 Å². The summed E-state index contributed by atoms with van der Waals surface area (Å²) in [4.78, 5) is 25.0. The lowest BCUT2D eigenvalue weighted by Gasteiger charge is -2.08. The second-order valence-electron chi connectivity index (χ2n) is 5.64. The van der Waals surface area contributed by atoms with Gasteiger partial charge in [0.15, 0.2) is 0 Å². The Morgan fingerprint density at radius 2 is 1.88 bits per heavy atom. The Hall–Kier alpha value is -3.67. The third-order valence-corrected chi connectivity index (χ3v) is 3.87. The predicted molar refractivity (Wildman–Crippen MR) is 97.1 cm³/mol. The van der Waals surface area contributed by atoms with Crippen molar-refractivity contribution in [3.63, 3.8) is 0 Å². The molecule has 0 bridgehead atoms. The number of hydrogen-bond acceptors (Lipinski definition) is 4. The molecule has 4 aromatic rings. The lowest BCUT2D eigenvalue weighted by Crippen LogP contribution is -2.13. The monoisotopic (exact) mass is 344 g/mol. The first-order valence-corrected chi connectivity index (χ1v) is 7.94. The number of anilines is 1. The summed E-state index contributed by atoms with van der Waals surface area (Å²) in [5.41, 5.74) is 1.97. The summed E-state index contributed by atoms with van der Waals surface area (Å²) < 4.78 is 14.2. The van der Waals surface area contributed by atoms with Crippen molar-refractivity contribution in [2.45, 2.75) is 0 Å². The van der Waals surface area contributed by atoms with Crippen molar-refractivity contribution in [2.24, 2.45) is 0 Å². The molecule has 1 aromatic carbocycles. The van der Waals surface area contributed by atoms with Gasteiger partial charge in [-0.1, -0.05) is 12.1 Å². The Balaban J connectivity index is 1.63. The fourth-order valence-electron chi connectivity index (χ4n) is 2.65. The summed E-state index contributed by atoms with van der Waals surface area (Å²) in [6.45, 7) is 0. The Morgan fingerprint density at radius 3 is 2.73 bits per heavy atom. The number of benzene rings is 1. The molecule has 0 aliphatic carbocycles. The van der Waals surface area contributed by atoms with E-state index in [4.69, 9.17) is 0 Å². The average Bonchev–Trinajstić information content (AvgIpc) is 2.69. The van der Waals surface area contributed by atoms with E-state index in [0.29, 0.717) is 16.9 Å². The van der Waals surface area contributed by atoms with E-state index in [0.717, 1.165) is 5.56 Å². The van der Waals surface area contributed by atoms with Gasteiger partial charge in [-0.15, -0.1) is 0 Å². The largest absolute Gasteiger partial charge is 0.307 e. The lowest BCUT2D eigenvalue weighted by atomic mass is 10.1. The standard InChI is InChI=1S/C20H13FN4O/c21-16-11-15(10-13-4-3-9-23-19(13)16)20(26)25-18-7-1-6-17(24-18)14-5-2-8-22-12-14/h1-12H,(H,24,25,26). The van der Waals surface area contributed by atoms with Crippen molar-refractivity contribution < 1.29 is 9.18 Å². The van der Waals surface area contributed by atoms with Crippen LogP contribution in [0.25, 0.3) is 22.2 Å². The van der Waals surface area contributed by atoms with Crippen LogP contribution in [-0.4, -0.2) is 20.9 Å². The molecule has 0 saturated heterocycles. The molecule has 0 fully saturated rings. The van der Waals surface area contributed by atoms with E-state index in [-0.39, 0.29) is 11.1 Å². The molecule has 0 aliphatic heterocycles. The van der Waals surface area contributed by atoms with Crippen molar-refractivity contribution in [3.8, 4) is 11.3 Å². The van der Waals surface area contributed by atoms with Gasteiger partial charge >= 0.3 is 0 Å². The number of pyridine rings is 3. The Kier molecular flexibility index (Phi) is 4.07. The van der Waals surface area contributed by atoms with Gasteiger partial charge in [0.1, 0.15) is 17.2 Å². The third-order valence-electron chi connectivity index (χ3n) is 3.87. The average molecular weight is 344 g/mol. The zero-order chi connectivity index (χ0) is 17.9. The highest BCUT2D eigenvalue weighted by molar-refractivity contribution is 6.05. The topological polar surface area (TPSA) is 67.8 Å². The molecule has 0 unspecified atom stereocenters. The Labute approximate surface area is 148 Å². The summed E-state index contributed by atoms with van der Waals surface area (Å²) in [7, 11) is 0. The van der Waals surface area contributed by atoms with Crippen molar-refractivity contribution >= 4 is 22.6 Å². The second-order valence-corrected chi connectivity index (χ2v) is 5.64. The summed E-state index contributed by atoms with van der Waals surface area (Å²) >= 11 is 0. The Morgan fingerprint density at radius 1 is 1.00 bits per heavy atom. The van der Waals surface area contributed by atoms with Gasteiger partial charge in [0.05, 0.1) is 5.69 Å². The van der Waals surface area contributed by atoms with Crippen LogP contribution in [0.3, 0.4) is 0 Å². The molecule has 5 nitrogen and oxygen atoms in total. The third kappa shape index (κ3) is 3.12. The van der Waals surface area contributed by atoms with E-state index >= 15 is 0 Å². The first-order valence-electron chi connectivity index (χ1n) is 7.94. The normalized spacial score (nSPS) is 10.7. The van der Waals surface area contributed by atoms with E-state index in [1.165, 1.54) is 12.3 Å². The van der Waals surface area contributed by atoms with Crippen molar-refractivity contribution in [3.05, 3.63) is 84.6 Å². The summed E-state index contributed by atoms with van der Waals surface area (Å²) in [6, 6.07) is 15.2. The number of fused-ring (bicyclic) bond motifs is 1. The maximum atomic E-state index is 14.2. The molecule has 3 aromatic heterocycles. The second kappa shape index (κ2) is 6.68. The quantitative estimate of drug-likeness (QED) is 0.608. The minimum Gasteiger partial charge on any atom is -0.307 e. The van der Waals surface area contributed by atoms with Gasteiger partial charge in [-0.2, -0.15) is 0 Å². The number of carbonyl (C=O) groups excluding carboxylic acids is 1. The van der Waals surface area contributed by atoms with Crippen LogP contribution >= 0.6 is 0 Å². The van der Waals surface area contributed by atoms with Gasteiger partial charge in [0, 0.05) is 35.1 Å². The maximum absolute atomic E-state index is 14.2. The molecular formula is C20H13FN4O. The van der Waals surface area contributed by atoms with E-state index in [2.05, 4.69) is 20.3 Å². The molecule has 0 atom stereocenters. The number of amides is 1. The molecule has 0 spiro atoms. The zero-order valence-electron chi connectivity index (χ0n) is 13.6. The molecule has 0 saturated carbocycles. The Bertz CT molecular complexity index is 1100. The molecule has 26 heavy (non-hydrogen) atoms. The highest BCUT2D eigenvalue weighted by Crippen LogP contribution is 2.20. The number of aromatic nitrogens is 3. The van der Waals surface area contributed by atoms with E-state index in [1.807, 2.05) is 18.2 Å². The minimum atomic E-state index is -0.537. The number of nitrogens with one attached hydrogen (secondary N) is 1. The van der Waals surface area contributed by atoms with Gasteiger partial charge in [0.25, 0.3) is 5.91 Å². The molecule has 0 radical (unpaired) electrons. The molecule has 126 valence electrons. The maximum Gasteiger partial charge on any atom is 0.256 e. The molecular weight excluding hydrogens is 331 g/mol. The van der Waals surface area contributed by atoms with Crippen LogP contribution in [0, 0.1) is 5.82 Å². The number of rotatable bonds is 3. The molecule has 4 rings (SSSR count). The number of nitrogens with zero attached hydrogens (tertiary/aromatic N) is 3. The molecule has 0 aliphatic rings. The molecule has 1 N–H and O–H groups in total. The highest BCUT2D eigenvalue weighted by Gasteiger charge is 2.12. The summed E-state index contributed by atoms with van der Waals surface area (Å²) in [5, 5.41) is 3.27. The van der Waals surface area contributed by atoms with Crippen LogP contribution in [0.15, 0.2) is 73.2 Å². The van der Waals surface area contributed by atoms with Crippen LogP contribution in [-0.2, 0) is 0 Å². The fourth-order valence-corrected chi connectivity index (χ4v) is 2.65. The zero-order valence-corrected chi connectivity index (χ0v) is 13.6. The number of halogens is 1. The number of hydrogen-bond donors (Lipinski definition) is 1. The first-order chi connectivity index (χ1) is 12.7. The van der Waals surface area contributed by atoms with Crippen molar-refractivity contribution in [1.82, 2.24) is 15.0 Å². The molecule has 3 heterocycles. The van der Waals surface area contributed by atoms with Gasteiger partial charge in [-0.3, -0.25) is 14.8 Å². The van der Waals surface area contributed by atoms with Crippen LogP contribution in [0.1, 0.15) is 10.4 Å². The summed E-state index contributed by atoms with van der Waals surface area (Å²) in [5.74, 6) is -0.598. The predicted octanol–water partition coefficient (Wildman–Crippen LogP) is 4.08. The lowest BCUT2D eigenvalue weighted by molar-refractivity contribution is 0.102. The van der Waals surface area contributed by atoms with Crippen LogP contribution in [0.2, 0.25) is 0 Å². The molecule has 1 amide bonds. The van der Waals surface area contributed by atoms with Crippen molar-refractivity contribution in [1.29, 1.82) is 0 Å². The minimum absolute atomic E-state index is 0.205. The van der Waals surface area contributed by atoms with Gasteiger partial charge in [0.2, 0.25) is 0 Å².